The van der Waals surface area contributed by atoms with Gasteiger partial charge in [0.15, 0.2) is 0 Å². The van der Waals surface area contributed by atoms with E-state index in [2.05, 4.69) is 5.32 Å². The van der Waals surface area contributed by atoms with Crippen LogP contribution in [0.25, 0.3) is 0 Å². The molecule has 2 saturated carbocycles. The molecule has 5 heteroatoms. The Hall–Kier alpha value is -0.740. The lowest BCUT2D eigenvalue weighted by Gasteiger charge is -2.20. The molecule has 74 valence electrons. The Labute approximate surface area is 73.5 Å². The average Bonchev–Trinajstić information content (AvgIpc) is 2.81. The Morgan fingerprint density at radius 3 is 2.15 bits per heavy atom. The molecule has 0 unspecified atom stereocenters. The molecule has 2 nitrogen and oxygen atoms in total. The van der Waals surface area contributed by atoms with Gasteiger partial charge in [-0.25, -0.2) is 0 Å². The summed E-state index contributed by atoms with van der Waals surface area (Å²) in [4.78, 5) is 11.1. The lowest BCUT2D eigenvalue weighted by molar-refractivity contribution is -0.170. The molecule has 0 atom stereocenters. The van der Waals surface area contributed by atoms with E-state index in [-0.39, 0.29) is 18.8 Å². The second-order valence-corrected chi connectivity index (χ2v) is 3.84. The van der Waals surface area contributed by atoms with Crippen molar-refractivity contribution in [2.24, 2.45) is 5.92 Å². The summed E-state index contributed by atoms with van der Waals surface area (Å²) < 4.78 is 37.0. The van der Waals surface area contributed by atoms with E-state index in [0.29, 0.717) is 0 Å². The van der Waals surface area contributed by atoms with Crippen LogP contribution in [0.3, 0.4) is 0 Å². The van der Waals surface area contributed by atoms with Crippen molar-refractivity contribution in [3.63, 3.8) is 0 Å². The standard InChI is InChI=1S/C8H10F3NO/c9-8(10,11)7(3-4-7)12-6(13)5-1-2-5/h5H,1-4H2,(H,12,13). The third-order valence-electron chi connectivity index (χ3n) is 2.60. The number of nitrogens with one attached hydrogen (secondary N) is 1. The van der Waals surface area contributed by atoms with Gasteiger partial charge in [-0.1, -0.05) is 0 Å². The van der Waals surface area contributed by atoms with Crippen molar-refractivity contribution in [1.29, 1.82) is 0 Å². The topological polar surface area (TPSA) is 29.1 Å². The van der Waals surface area contributed by atoms with Gasteiger partial charge in [0, 0.05) is 5.92 Å². The van der Waals surface area contributed by atoms with E-state index in [0.717, 1.165) is 12.8 Å². The Morgan fingerprint density at radius 2 is 1.85 bits per heavy atom. The van der Waals surface area contributed by atoms with Crippen LogP contribution >= 0.6 is 0 Å². The molecule has 1 amide bonds. The Morgan fingerprint density at radius 1 is 1.31 bits per heavy atom. The summed E-state index contributed by atoms with van der Waals surface area (Å²) in [6.07, 6.45) is -2.74. The quantitative estimate of drug-likeness (QED) is 0.709. The van der Waals surface area contributed by atoms with Gasteiger partial charge in [0.2, 0.25) is 5.91 Å². The molecule has 0 aromatic heterocycles. The molecular formula is C8H10F3NO. The van der Waals surface area contributed by atoms with Gasteiger partial charge in [-0.3, -0.25) is 4.79 Å². The van der Waals surface area contributed by atoms with E-state index in [4.69, 9.17) is 0 Å². The number of rotatable bonds is 2. The van der Waals surface area contributed by atoms with Gasteiger partial charge in [-0.2, -0.15) is 13.2 Å². The number of alkyl halides is 3. The highest BCUT2D eigenvalue weighted by Crippen LogP contribution is 2.49. The molecular weight excluding hydrogens is 183 g/mol. The molecule has 2 aliphatic carbocycles. The molecule has 0 heterocycles. The van der Waals surface area contributed by atoms with Gasteiger partial charge in [0.25, 0.3) is 0 Å². The van der Waals surface area contributed by atoms with Gasteiger partial charge < -0.3 is 5.32 Å². The molecule has 0 aliphatic heterocycles. The first-order chi connectivity index (χ1) is 5.95. The zero-order chi connectivity index (χ0) is 9.69. The number of halogens is 3. The monoisotopic (exact) mass is 193 g/mol. The predicted molar refractivity (Wildman–Crippen MR) is 38.9 cm³/mol. The largest absolute Gasteiger partial charge is 0.411 e. The third kappa shape index (κ3) is 1.51. The van der Waals surface area contributed by atoms with Crippen molar-refractivity contribution >= 4 is 5.91 Å². The third-order valence-corrected chi connectivity index (χ3v) is 2.60. The fourth-order valence-electron chi connectivity index (χ4n) is 1.29. The molecule has 2 fully saturated rings. The lowest BCUT2D eigenvalue weighted by atomic mass is 10.2. The van der Waals surface area contributed by atoms with Gasteiger partial charge in [0.05, 0.1) is 0 Å². The lowest BCUT2D eigenvalue weighted by Crippen LogP contribution is -2.48. The molecule has 0 bridgehead atoms. The van der Waals surface area contributed by atoms with Crippen LogP contribution in [-0.2, 0) is 4.79 Å². The highest BCUT2D eigenvalue weighted by Gasteiger charge is 2.64. The SMILES string of the molecule is O=C(NC1(C(F)(F)F)CC1)C1CC1. The minimum atomic E-state index is -4.28. The smallest absolute Gasteiger partial charge is 0.342 e. The van der Waals surface area contributed by atoms with Crippen molar-refractivity contribution < 1.29 is 18.0 Å². The fourth-order valence-corrected chi connectivity index (χ4v) is 1.29. The zero-order valence-corrected chi connectivity index (χ0v) is 6.95. The summed E-state index contributed by atoms with van der Waals surface area (Å²) in [5.41, 5.74) is -1.87. The number of hydrogen-bond acceptors (Lipinski definition) is 1. The second-order valence-electron chi connectivity index (χ2n) is 3.84. The molecule has 2 rings (SSSR count). The molecule has 2 aliphatic rings. The van der Waals surface area contributed by atoms with Crippen LogP contribution in [0.5, 0.6) is 0 Å². The molecule has 1 N–H and O–H groups in total. The maximum atomic E-state index is 12.3. The summed E-state index contributed by atoms with van der Waals surface area (Å²) in [5.74, 6) is -0.574. The van der Waals surface area contributed by atoms with Crippen LogP contribution in [-0.4, -0.2) is 17.6 Å². The summed E-state index contributed by atoms with van der Waals surface area (Å²) in [5, 5.41) is 2.11. The summed E-state index contributed by atoms with van der Waals surface area (Å²) in [6.45, 7) is 0. The van der Waals surface area contributed by atoms with Gasteiger partial charge in [0.1, 0.15) is 5.54 Å². The number of carbonyl (C=O) groups is 1. The van der Waals surface area contributed by atoms with E-state index >= 15 is 0 Å². The maximum absolute atomic E-state index is 12.3. The van der Waals surface area contributed by atoms with E-state index in [1.165, 1.54) is 0 Å². The van der Waals surface area contributed by atoms with Crippen LogP contribution in [0.4, 0.5) is 13.2 Å². The van der Waals surface area contributed by atoms with Gasteiger partial charge >= 0.3 is 6.18 Å². The first kappa shape index (κ1) is 8.84. The molecule has 0 spiro atoms. The van der Waals surface area contributed by atoms with Crippen LogP contribution in [0.15, 0.2) is 0 Å². The van der Waals surface area contributed by atoms with Crippen LogP contribution in [0, 0.1) is 5.92 Å². The van der Waals surface area contributed by atoms with Gasteiger partial charge in [-0.15, -0.1) is 0 Å². The first-order valence-corrected chi connectivity index (χ1v) is 4.33. The number of amides is 1. The van der Waals surface area contributed by atoms with E-state index < -0.39 is 17.6 Å². The van der Waals surface area contributed by atoms with E-state index in [1.807, 2.05) is 0 Å². The van der Waals surface area contributed by atoms with Crippen molar-refractivity contribution in [2.75, 3.05) is 0 Å². The molecule has 0 aromatic rings. The average molecular weight is 193 g/mol. The minimum absolute atomic E-state index is 0.0367. The number of hydrogen-bond donors (Lipinski definition) is 1. The fraction of sp³-hybridized carbons (Fsp3) is 0.875. The van der Waals surface area contributed by atoms with Crippen molar-refractivity contribution in [3.8, 4) is 0 Å². The Bertz CT molecular complexity index is 240. The Kier molecular flexibility index (Phi) is 1.63. The second kappa shape index (κ2) is 2.39. The minimum Gasteiger partial charge on any atom is -0.342 e. The molecule has 0 aromatic carbocycles. The van der Waals surface area contributed by atoms with Crippen molar-refractivity contribution in [1.82, 2.24) is 5.32 Å². The Balaban J connectivity index is 1.96. The van der Waals surface area contributed by atoms with Crippen LogP contribution < -0.4 is 5.32 Å². The van der Waals surface area contributed by atoms with Gasteiger partial charge in [-0.05, 0) is 25.7 Å². The van der Waals surface area contributed by atoms with E-state index in [9.17, 15) is 18.0 Å². The van der Waals surface area contributed by atoms with Crippen LogP contribution in [0.1, 0.15) is 25.7 Å². The first-order valence-electron chi connectivity index (χ1n) is 4.33. The van der Waals surface area contributed by atoms with Crippen molar-refractivity contribution in [3.05, 3.63) is 0 Å². The number of carbonyl (C=O) groups excluding carboxylic acids is 1. The highest BCUT2D eigenvalue weighted by atomic mass is 19.4. The summed E-state index contributed by atoms with van der Waals surface area (Å²) in [7, 11) is 0. The summed E-state index contributed by atoms with van der Waals surface area (Å²) in [6, 6.07) is 0. The van der Waals surface area contributed by atoms with E-state index in [1.54, 1.807) is 0 Å². The summed E-state index contributed by atoms with van der Waals surface area (Å²) >= 11 is 0. The normalized spacial score (nSPS) is 25.5. The highest BCUT2D eigenvalue weighted by molar-refractivity contribution is 5.82. The zero-order valence-electron chi connectivity index (χ0n) is 6.95. The maximum Gasteiger partial charge on any atom is 0.411 e. The molecule has 0 saturated heterocycles. The molecule has 13 heavy (non-hydrogen) atoms. The molecule has 0 radical (unpaired) electrons. The van der Waals surface area contributed by atoms with Crippen LogP contribution in [0.2, 0.25) is 0 Å². The predicted octanol–water partition coefficient (Wildman–Crippen LogP) is 1.61. The van der Waals surface area contributed by atoms with Crippen molar-refractivity contribution in [2.45, 2.75) is 37.4 Å².